The lowest BCUT2D eigenvalue weighted by Crippen LogP contribution is -2.34. The van der Waals surface area contributed by atoms with Gasteiger partial charge in [-0.05, 0) is 47.5 Å². The number of methoxy groups -OCH3 is 1. The average Bonchev–Trinajstić information content (AvgIpc) is 3.00. The average molecular weight is 560 g/mol. The Bertz CT molecular complexity index is 1300. The molecule has 0 radical (unpaired) electrons. The molecule has 0 aliphatic heterocycles. The summed E-state index contributed by atoms with van der Waals surface area (Å²) in [5.74, 6) is -0.184. The van der Waals surface area contributed by atoms with Crippen LogP contribution >= 0.6 is 0 Å². The number of amides is 2. The minimum Gasteiger partial charge on any atom is -0.497 e. The van der Waals surface area contributed by atoms with Gasteiger partial charge in [0.2, 0.25) is 5.91 Å². The number of nitrogens with zero attached hydrogens (tertiary/aromatic N) is 1. The van der Waals surface area contributed by atoms with E-state index in [1.807, 2.05) is 30.3 Å². The lowest BCUT2D eigenvalue weighted by Gasteiger charge is -2.11. The second kappa shape index (κ2) is 17.5. The zero-order valence-corrected chi connectivity index (χ0v) is 24.1. The van der Waals surface area contributed by atoms with Crippen molar-refractivity contribution in [3.8, 4) is 11.5 Å². The van der Waals surface area contributed by atoms with E-state index in [-0.39, 0.29) is 12.5 Å². The monoisotopic (exact) mass is 559 g/mol. The van der Waals surface area contributed by atoms with Gasteiger partial charge in [0.05, 0.1) is 25.4 Å². The van der Waals surface area contributed by atoms with Gasteiger partial charge in [0.25, 0.3) is 5.91 Å². The number of hydrazone groups is 1. The number of esters is 1. The summed E-state index contributed by atoms with van der Waals surface area (Å²) >= 11 is 0. The van der Waals surface area contributed by atoms with Crippen molar-refractivity contribution >= 4 is 34.8 Å². The number of hydrogen-bond acceptors (Lipinski definition) is 6. The quantitative estimate of drug-likeness (QED) is 0.0641. The molecule has 0 saturated heterocycles. The molecule has 2 amide bonds. The third-order valence-corrected chi connectivity index (χ3v) is 6.80. The molecule has 8 nitrogen and oxygen atoms in total. The van der Waals surface area contributed by atoms with Crippen molar-refractivity contribution < 1.29 is 23.9 Å². The van der Waals surface area contributed by atoms with Crippen molar-refractivity contribution in [2.75, 3.05) is 13.7 Å². The molecule has 0 aromatic heterocycles. The highest BCUT2D eigenvalue weighted by atomic mass is 16.5. The van der Waals surface area contributed by atoms with Crippen molar-refractivity contribution in [3.63, 3.8) is 0 Å². The summed E-state index contributed by atoms with van der Waals surface area (Å²) in [7, 11) is 1.56. The molecule has 0 saturated carbocycles. The Hall–Kier alpha value is -4.20. The number of carbonyl (C=O) groups excluding carboxylic acids is 3. The van der Waals surface area contributed by atoms with Crippen LogP contribution in [-0.2, 0) is 9.59 Å². The summed E-state index contributed by atoms with van der Waals surface area (Å²) in [6.07, 6.45) is 12.5. The van der Waals surface area contributed by atoms with Crippen molar-refractivity contribution in [3.05, 3.63) is 71.8 Å². The van der Waals surface area contributed by atoms with Crippen molar-refractivity contribution in [1.29, 1.82) is 0 Å². The van der Waals surface area contributed by atoms with Gasteiger partial charge in [0.1, 0.15) is 11.5 Å². The van der Waals surface area contributed by atoms with Crippen LogP contribution in [0.2, 0.25) is 0 Å². The van der Waals surface area contributed by atoms with E-state index in [4.69, 9.17) is 9.47 Å². The molecular formula is C33H41N3O5. The third-order valence-electron chi connectivity index (χ3n) is 6.80. The Morgan fingerprint density at radius 3 is 2.20 bits per heavy atom. The summed E-state index contributed by atoms with van der Waals surface area (Å²) < 4.78 is 10.8. The topological polar surface area (TPSA) is 106 Å². The molecule has 0 bridgehead atoms. The van der Waals surface area contributed by atoms with Crippen LogP contribution in [0.5, 0.6) is 11.5 Å². The molecule has 3 aromatic carbocycles. The minimum absolute atomic E-state index is 0.145. The van der Waals surface area contributed by atoms with Crippen LogP contribution in [-0.4, -0.2) is 37.7 Å². The molecule has 0 aliphatic carbocycles. The van der Waals surface area contributed by atoms with Gasteiger partial charge in [-0.3, -0.25) is 9.59 Å². The molecule has 0 unspecified atom stereocenters. The highest BCUT2D eigenvalue weighted by Crippen LogP contribution is 2.27. The first kappa shape index (κ1) is 31.3. The van der Waals surface area contributed by atoms with Crippen LogP contribution < -0.4 is 20.2 Å². The molecule has 0 spiro atoms. The van der Waals surface area contributed by atoms with E-state index >= 15 is 0 Å². The first-order valence-corrected chi connectivity index (χ1v) is 14.5. The normalized spacial score (nSPS) is 11.0. The molecule has 3 aromatic rings. The Morgan fingerprint density at radius 2 is 1.49 bits per heavy atom. The highest BCUT2D eigenvalue weighted by molar-refractivity contribution is 6.04. The summed E-state index contributed by atoms with van der Waals surface area (Å²) in [5, 5.41) is 8.45. The third kappa shape index (κ3) is 10.7. The zero-order valence-electron chi connectivity index (χ0n) is 24.1. The minimum atomic E-state index is -0.531. The van der Waals surface area contributed by atoms with Gasteiger partial charge in [-0.2, -0.15) is 5.10 Å². The fourth-order valence-electron chi connectivity index (χ4n) is 4.46. The van der Waals surface area contributed by atoms with E-state index in [0.717, 1.165) is 30.0 Å². The largest absolute Gasteiger partial charge is 0.497 e. The number of benzene rings is 3. The molecule has 218 valence electrons. The number of hydrogen-bond donors (Lipinski definition) is 2. The van der Waals surface area contributed by atoms with E-state index in [2.05, 4.69) is 22.8 Å². The van der Waals surface area contributed by atoms with Crippen molar-refractivity contribution in [2.45, 2.75) is 71.1 Å². The maximum Gasteiger partial charge on any atom is 0.343 e. The molecule has 2 N–H and O–H groups in total. The van der Waals surface area contributed by atoms with Gasteiger partial charge < -0.3 is 14.8 Å². The zero-order chi connectivity index (χ0) is 29.3. The molecule has 8 heteroatoms. The second-order valence-electron chi connectivity index (χ2n) is 9.96. The Kier molecular flexibility index (Phi) is 13.4. The molecule has 41 heavy (non-hydrogen) atoms. The van der Waals surface area contributed by atoms with Crippen LogP contribution in [0.25, 0.3) is 10.8 Å². The van der Waals surface area contributed by atoms with Gasteiger partial charge in [-0.15, -0.1) is 0 Å². The SMILES string of the molecule is CCCCCCCCCCCC(=O)NCC(=O)N/N=C/c1c(OC(=O)c2ccc(OC)cc2)ccc2ccccc12. The van der Waals surface area contributed by atoms with Gasteiger partial charge in [0, 0.05) is 12.0 Å². The number of nitrogens with one attached hydrogen (secondary N) is 2. The van der Waals surface area contributed by atoms with Gasteiger partial charge in [-0.25, -0.2) is 10.2 Å². The molecule has 0 aliphatic rings. The van der Waals surface area contributed by atoms with Crippen LogP contribution in [0.15, 0.2) is 65.8 Å². The number of unbranched alkanes of at least 4 members (excludes halogenated alkanes) is 8. The maximum atomic E-state index is 12.8. The fourth-order valence-corrected chi connectivity index (χ4v) is 4.46. The van der Waals surface area contributed by atoms with Gasteiger partial charge in [-0.1, -0.05) is 88.6 Å². The van der Waals surface area contributed by atoms with E-state index in [0.29, 0.717) is 29.0 Å². The lowest BCUT2D eigenvalue weighted by molar-refractivity contribution is -0.126. The molecule has 3 rings (SSSR count). The Labute approximate surface area is 242 Å². The van der Waals surface area contributed by atoms with Gasteiger partial charge in [0.15, 0.2) is 0 Å². The molecule has 0 fully saturated rings. The first-order chi connectivity index (χ1) is 20.0. The van der Waals surface area contributed by atoms with E-state index in [1.165, 1.54) is 44.7 Å². The van der Waals surface area contributed by atoms with Crippen LogP contribution in [0.1, 0.15) is 87.1 Å². The van der Waals surface area contributed by atoms with Gasteiger partial charge >= 0.3 is 5.97 Å². The smallest absolute Gasteiger partial charge is 0.343 e. The molecule has 0 atom stereocenters. The van der Waals surface area contributed by atoms with E-state index in [9.17, 15) is 14.4 Å². The summed E-state index contributed by atoms with van der Waals surface area (Å²) in [6, 6.07) is 17.8. The van der Waals surface area contributed by atoms with Crippen LogP contribution in [0, 0.1) is 0 Å². The number of rotatable bonds is 17. The van der Waals surface area contributed by atoms with E-state index < -0.39 is 11.9 Å². The Balaban J connectivity index is 1.49. The highest BCUT2D eigenvalue weighted by Gasteiger charge is 2.14. The predicted molar refractivity (Wildman–Crippen MR) is 162 cm³/mol. The molecule has 0 heterocycles. The molecular weight excluding hydrogens is 518 g/mol. The van der Waals surface area contributed by atoms with Crippen LogP contribution in [0.4, 0.5) is 0 Å². The van der Waals surface area contributed by atoms with E-state index in [1.54, 1.807) is 37.4 Å². The van der Waals surface area contributed by atoms with Crippen LogP contribution in [0.3, 0.4) is 0 Å². The fraction of sp³-hybridized carbons (Fsp3) is 0.394. The second-order valence-corrected chi connectivity index (χ2v) is 9.96. The lowest BCUT2D eigenvalue weighted by atomic mass is 10.0. The number of carbonyl (C=O) groups is 3. The summed E-state index contributed by atoms with van der Waals surface area (Å²) in [5.41, 5.74) is 3.35. The standard InChI is InChI=1S/C33H41N3O5/c1-3-4-5-6-7-8-9-10-11-16-31(37)34-24-32(38)36-35-23-29-28-15-13-12-14-25(28)19-22-30(29)41-33(39)26-17-20-27(40-2)21-18-26/h12-15,17-23H,3-11,16,24H2,1-2H3,(H,34,37)(H,36,38)/b35-23+. The maximum absolute atomic E-state index is 12.8. The summed E-state index contributed by atoms with van der Waals surface area (Å²) in [4.78, 5) is 37.2. The summed E-state index contributed by atoms with van der Waals surface area (Å²) in [6.45, 7) is 2.05. The van der Waals surface area contributed by atoms with Crippen molar-refractivity contribution in [1.82, 2.24) is 10.7 Å². The Morgan fingerprint density at radius 1 is 0.805 bits per heavy atom. The first-order valence-electron chi connectivity index (χ1n) is 14.5. The number of ether oxygens (including phenoxy) is 2. The van der Waals surface area contributed by atoms with Crippen molar-refractivity contribution in [2.24, 2.45) is 5.10 Å². The predicted octanol–water partition coefficient (Wildman–Crippen LogP) is 6.55. The number of fused-ring (bicyclic) bond motifs is 1.